The molecular formula is C70H52Br4O15. The maximum atomic E-state index is 12.1. The lowest BCUT2D eigenvalue weighted by atomic mass is 10.0. The number of aliphatic hydroxyl groups excluding tert-OH is 1. The van der Waals surface area contributed by atoms with Gasteiger partial charge in [0.25, 0.3) is 0 Å². The fourth-order valence-electron chi connectivity index (χ4n) is 7.69. The first kappa shape index (κ1) is 68.4. The Morgan fingerprint density at radius 1 is 0.596 bits per heavy atom. The smallest absolute Gasteiger partial charge is 0.348 e. The van der Waals surface area contributed by atoms with Crippen LogP contribution >= 0.6 is 63.7 Å². The van der Waals surface area contributed by atoms with Crippen molar-refractivity contribution in [3.05, 3.63) is 275 Å². The van der Waals surface area contributed by atoms with E-state index in [1.54, 1.807) is 121 Å². The van der Waals surface area contributed by atoms with Crippen LogP contribution in [0.25, 0.3) is 28.6 Å². The van der Waals surface area contributed by atoms with Gasteiger partial charge in [-0.25, -0.2) is 28.8 Å². The molecular weight excluding hydrogens is 1400 g/mol. The number of carboxylic acid groups (broad SMARTS) is 1. The number of fused-ring (bicyclic) bond motifs is 1. The van der Waals surface area contributed by atoms with E-state index in [1.807, 2.05) is 48.6 Å². The van der Waals surface area contributed by atoms with Crippen molar-refractivity contribution in [3.8, 4) is 35.2 Å². The zero-order valence-corrected chi connectivity index (χ0v) is 53.6. The summed E-state index contributed by atoms with van der Waals surface area (Å²) < 4.78 is 26.8. The highest BCUT2D eigenvalue weighted by molar-refractivity contribution is 9.11. The molecule has 5 aliphatic rings. The van der Waals surface area contributed by atoms with Crippen LogP contribution < -0.4 is 0 Å². The normalized spacial score (nSPS) is 16.1. The van der Waals surface area contributed by atoms with Gasteiger partial charge < -0.3 is 44.1 Å². The summed E-state index contributed by atoms with van der Waals surface area (Å²) >= 11 is 13.1. The van der Waals surface area contributed by atoms with Crippen LogP contribution in [-0.2, 0) is 47.7 Å². The first-order chi connectivity index (χ1) is 42.8. The Bertz CT molecular complexity index is 4010. The number of benzene rings is 5. The third-order valence-electron chi connectivity index (χ3n) is 11.8. The molecule has 4 N–H and O–H groups in total. The Hall–Kier alpha value is -9.76. The molecule has 0 bridgehead atoms. The van der Waals surface area contributed by atoms with E-state index in [0.29, 0.717) is 68.8 Å². The van der Waals surface area contributed by atoms with Crippen LogP contribution in [0.15, 0.2) is 241 Å². The molecule has 5 heterocycles. The van der Waals surface area contributed by atoms with Crippen LogP contribution in [0.3, 0.4) is 0 Å². The summed E-state index contributed by atoms with van der Waals surface area (Å²) in [7, 11) is 0. The number of carbonyl (C=O) groups excluding carboxylic acids is 5. The summed E-state index contributed by atoms with van der Waals surface area (Å²) in [5.74, 6) is 9.28. The predicted octanol–water partition coefficient (Wildman–Crippen LogP) is 16.2. The number of unbranched alkanes of at least 4 members (excludes halogenated alkanes) is 2. The summed E-state index contributed by atoms with van der Waals surface area (Å²) in [6.07, 6.45) is 27.6. The van der Waals surface area contributed by atoms with Gasteiger partial charge >= 0.3 is 35.8 Å². The Balaban J connectivity index is 0.000000185. The minimum absolute atomic E-state index is 0.0460. The molecule has 5 aromatic rings. The van der Waals surface area contributed by atoms with Gasteiger partial charge in [-0.3, -0.25) is 0 Å². The van der Waals surface area contributed by atoms with Crippen molar-refractivity contribution >= 4 is 128 Å². The molecule has 0 unspecified atom stereocenters. The number of aliphatic carboxylic acids is 1. The quantitative estimate of drug-likeness (QED) is 0.0317. The molecule has 0 saturated heterocycles. The fraction of sp³-hybridized carbons (Fsp3) is 0.0857. The first-order valence-electron chi connectivity index (χ1n) is 26.7. The number of ether oxygens (including phenoxy) is 5. The average Bonchev–Trinajstić information content (AvgIpc) is 2.38. The van der Waals surface area contributed by atoms with E-state index in [0.717, 1.165) is 36.8 Å². The van der Waals surface area contributed by atoms with Gasteiger partial charge in [-0.2, -0.15) is 0 Å². The topological polar surface area (TPSA) is 229 Å². The molecule has 450 valence electrons. The molecule has 89 heavy (non-hydrogen) atoms. The number of hydrogen-bond acceptors (Lipinski definition) is 14. The number of carboxylic acids is 1. The number of hydrogen-bond donors (Lipinski definition) is 4. The number of phenols is 2. The highest BCUT2D eigenvalue weighted by Gasteiger charge is 2.36. The van der Waals surface area contributed by atoms with Crippen LogP contribution in [0.2, 0.25) is 0 Å². The number of cyclic esters (lactones) is 5. The van der Waals surface area contributed by atoms with Crippen molar-refractivity contribution in [3.63, 3.8) is 0 Å². The minimum atomic E-state index is -1.29. The number of aromatic hydroxyl groups is 2. The maximum absolute atomic E-state index is 12.1. The molecule has 15 nitrogen and oxygen atoms in total. The van der Waals surface area contributed by atoms with E-state index in [4.69, 9.17) is 18.9 Å². The third-order valence-corrected chi connectivity index (χ3v) is 14.2. The monoisotopic (exact) mass is 1450 g/mol. The second-order valence-electron chi connectivity index (χ2n) is 18.3. The second-order valence-corrected chi connectivity index (χ2v) is 21.7. The molecule has 0 aliphatic carbocycles. The molecule has 10 rings (SSSR count). The molecule has 0 fully saturated rings. The van der Waals surface area contributed by atoms with E-state index in [2.05, 4.69) is 113 Å². The zero-order chi connectivity index (χ0) is 64.4. The van der Waals surface area contributed by atoms with Gasteiger partial charge in [-0.05, 0) is 177 Å². The van der Waals surface area contributed by atoms with Crippen LogP contribution in [0.1, 0.15) is 77.7 Å². The van der Waals surface area contributed by atoms with Crippen molar-refractivity contribution in [2.75, 3.05) is 0 Å². The van der Waals surface area contributed by atoms with Gasteiger partial charge in [0.1, 0.15) is 45.7 Å². The molecule has 0 spiro atoms. The summed E-state index contributed by atoms with van der Waals surface area (Å²) in [6, 6.07) is 30.9. The predicted molar refractivity (Wildman–Crippen MR) is 352 cm³/mol. The summed E-state index contributed by atoms with van der Waals surface area (Å²) in [5, 5.41) is 39.5. The number of phenolic OH excluding ortho intramolecular Hbond substituents is 2. The van der Waals surface area contributed by atoms with Gasteiger partial charge in [-0.1, -0.05) is 148 Å². The number of rotatable bonds is 11. The van der Waals surface area contributed by atoms with Crippen LogP contribution in [0.4, 0.5) is 0 Å². The van der Waals surface area contributed by atoms with Crippen LogP contribution in [-0.4, -0.2) is 56.2 Å². The Morgan fingerprint density at radius 2 is 1.19 bits per heavy atom. The molecule has 0 aromatic heterocycles. The van der Waals surface area contributed by atoms with Gasteiger partial charge in [0, 0.05) is 35.8 Å². The summed E-state index contributed by atoms with van der Waals surface area (Å²) in [6.45, 7) is 7.56. The summed E-state index contributed by atoms with van der Waals surface area (Å²) in [5.41, 5.74) is 4.10. The lowest BCUT2D eigenvalue weighted by Gasteiger charge is -2.09. The van der Waals surface area contributed by atoms with Crippen LogP contribution in [0.5, 0.6) is 11.5 Å². The van der Waals surface area contributed by atoms with Gasteiger partial charge in [-0.15, -0.1) is 0 Å². The molecule has 0 saturated carbocycles. The Morgan fingerprint density at radius 3 is 1.78 bits per heavy atom. The van der Waals surface area contributed by atoms with Gasteiger partial charge in [0.15, 0.2) is 11.5 Å². The molecule has 0 radical (unpaired) electrons. The lowest BCUT2D eigenvalue weighted by Crippen LogP contribution is -2.06. The number of halogens is 4. The standard InChI is InChI=1S/C18H12O5.C18H16O2.C17H8Br4O4.C12H12O2.C5H4O2/c19-15-13(11-7-3-1-4-8-11)18(22)23-16(15)14(17(20)21)12-9-5-2-6-10-12;1-2-3-4-5-6-7-8-9-10-11-12-13-14-17-15-16-18(19)20-17;18-10-1-7(2-11(19)16(10)23)3-14-9(6-15(22)25-14)8-4-12(20)17(24)13(21)5-8;1-2-3-8-11-9-6-4-5-7-10(9)12(13)14-11;1-4-2-3-5(6)7-4/h1-10,19H,(H,20,21);8-16H,2-3H2,1H3;1-6,23-24H;4-8H,2-3H2,1H3;2-3H,1H2/b16-14+;9-8+,11-10+,13-12+,17-14-;14-3-;11-8-;. The Labute approximate surface area is 546 Å². The largest absolute Gasteiger partial charge is 0.506 e. The highest BCUT2D eigenvalue weighted by Crippen LogP contribution is 2.41. The fourth-order valence-corrected chi connectivity index (χ4v) is 10.1. The van der Waals surface area contributed by atoms with Gasteiger partial charge in [0.05, 0.1) is 23.5 Å². The molecule has 5 aromatic carbocycles. The number of allylic oxidation sites excluding steroid dienone is 11. The van der Waals surface area contributed by atoms with Crippen LogP contribution in [0, 0.1) is 23.7 Å². The van der Waals surface area contributed by atoms with Gasteiger partial charge in [0.2, 0.25) is 0 Å². The van der Waals surface area contributed by atoms with E-state index in [-0.39, 0.29) is 46.3 Å². The summed E-state index contributed by atoms with van der Waals surface area (Å²) in [4.78, 5) is 67.7. The molecule has 19 heteroatoms. The molecule has 0 atom stereocenters. The van der Waals surface area contributed by atoms with Crippen molar-refractivity contribution < 1.29 is 72.9 Å². The SMILES string of the molecule is C=C1C=CC(=O)O1.CCC/C=C1\OC(=O)c2ccccc21.CCCC#CC#C/C=C/C=C/C=C/C=C1/C=CC(=O)O1.O=C1C=C(c2cc(Br)c(O)c(Br)c2)/C(=C/c2cc(Br)c(O)c(Br)c2)O1.O=C1O/C(=C(/C(=O)O)c2ccccc2)C(O)=C1c1ccccc1. The molecule has 0 amide bonds. The minimum Gasteiger partial charge on any atom is -0.506 e. The first-order valence-corrected chi connectivity index (χ1v) is 29.9. The second kappa shape index (κ2) is 34.5. The molecule has 5 aliphatic heterocycles. The van der Waals surface area contributed by atoms with E-state index >= 15 is 0 Å². The Kier molecular flexibility index (Phi) is 26.5. The van der Waals surface area contributed by atoms with Crippen molar-refractivity contribution in [1.82, 2.24) is 0 Å². The maximum Gasteiger partial charge on any atom is 0.348 e. The van der Waals surface area contributed by atoms with Crippen molar-refractivity contribution in [2.24, 2.45) is 0 Å². The van der Waals surface area contributed by atoms with E-state index < -0.39 is 23.7 Å². The average molecular weight is 1450 g/mol. The van der Waals surface area contributed by atoms with Crippen molar-refractivity contribution in [1.29, 1.82) is 0 Å². The lowest BCUT2D eigenvalue weighted by molar-refractivity contribution is -0.133. The van der Waals surface area contributed by atoms with Crippen molar-refractivity contribution in [2.45, 2.75) is 39.5 Å². The number of aliphatic hydroxyl groups is 1. The van der Waals surface area contributed by atoms with E-state index in [9.17, 15) is 49.2 Å². The highest BCUT2D eigenvalue weighted by atomic mass is 79.9. The number of esters is 5. The number of carbonyl (C=O) groups is 6. The third kappa shape index (κ3) is 20.4. The zero-order valence-electron chi connectivity index (χ0n) is 47.3. The van der Waals surface area contributed by atoms with E-state index in [1.165, 1.54) is 24.3 Å².